The molecule has 0 radical (unpaired) electrons. The summed E-state index contributed by atoms with van der Waals surface area (Å²) in [7, 11) is -0.648. The zero-order valence-electron chi connectivity index (χ0n) is 8.79. The van der Waals surface area contributed by atoms with Gasteiger partial charge in [-0.3, -0.25) is 4.21 Å². The minimum Gasteiger partial charge on any atom is -0.369 e. The highest BCUT2D eigenvalue weighted by Gasteiger charge is 2.17. The molecule has 0 unspecified atom stereocenters. The molecule has 1 fully saturated rings. The quantitative estimate of drug-likeness (QED) is 0.775. The number of rotatable bonds is 2. The second kappa shape index (κ2) is 5.39. The second-order valence-corrected chi connectivity index (χ2v) is 6.14. The summed E-state index contributed by atoms with van der Waals surface area (Å²) >= 11 is 11.8. The fraction of sp³-hybridized carbons (Fsp3) is 0.455. The lowest BCUT2D eigenvalue weighted by Gasteiger charge is -2.30. The highest BCUT2D eigenvalue weighted by molar-refractivity contribution is 7.85. The summed E-state index contributed by atoms with van der Waals surface area (Å²) in [6.45, 7) is 1.66. The lowest BCUT2D eigenvalue weighted by Crippen LogP contribution is -2.38. The van der Waals surface area contributed by atoms with Crippen LogP contribution in [0.3, 0.4) is 0 Å². The Morgan fingerprint density at radius 1 is 1.31 bits per heavy atom. The molecule has 0 atom stereocenters. The highest BCUT2D eigenvalue weighted by atomic mass is 35.5. The Hall–Kier alpha value is -0.250. The normalized spacial score (nSPS) is 17.8. The molecule has 0 aromatic heterocycles. The van der Waals surface area contributed by atoms with Crippen LogP contribution in [0.25, 0.3) is 0 Å². The van der Waals surface area contributed by atoms with Gasteiger partial charge in [0, 0.05) is 52.0 Å². The first-order valence-corrected chi connectivity index (χ1v) is 7.55. The number of benzene rings is 1. The van der Waals surface area contributed by atoms with E-state index >= 15 is 0 Å². The minimum atomic E-state index is -0.648. The van der Waals surface area contributed by atoms with E-state index < -0.39 is 10.8 Å². The fourth-order valence-electron chi connectivity index (χ4n) is 1.85. The molecule has 1 aliphatic heterocycles. The van der Waals surface area contributed by atoms with Crippen molar-refractivity contribution in [3.63, 3.8) is 0 Å². The molecule has 88 valence electrons. The molecule has 1 heterocycles. The summed E-state index contributed by atoms with van der Waals surface area (Å²) in [5, 5.41) is 0.708. The van der Waals surface area contributed by atoms with Crippen molar-refractivity contribution in [2.45, 2.75) is 5.88 Å². The lowest BCUT2D eigenvalue weighted by molar-refractivity contribution is 0.673. The van der Waals surface area contributed by atoms with Crippen LogP contribution < -0.4 is 4.90 Å². The first-order valence-electron chi connectivity index (χ1n) is 5.15. The number of hydrogen-bond donors (Lipinski definition) is 0. The first kappa shape index (κ1) is 12.2. The Morgan fingerprint density at radius 2 is 2.00 bits per heavy atom. The van der Waals surface area contributed by atoms with Gasteiger partial charge in [0.2, 0.25) is 0 Å². The van der Waals surface area contributed by atoms with Crippen LogP contribution in [-0.2, 0) is 16.7 Å². The van der Waals surface area contributed by atoms with Gasteiger partial charge in [0.1, 0.15) is 0 Å². The van der Waals surface area contributed by atoms with Crippen LogP contribution in [0.2, 0.25) is 5.02 Å². The van der Waals surface area contributed by atoms with Crippen LogP contribution >= 0.6 is 23.2 Å². The van der Waals surface area contributed by atoms with E-state index in [1.807, 2.05) is 18.2 Å². The van der Waals surface area contributed by atoms with Crippen molar-refractivity contribution < 1.29 is 4.21 Å². The molecule has 16 heavy (non-hydrogen) atoms. The molecule has 0 saturated carbocycles. The summed E-state index contributed by atoms with van der Waals surface area (Å²) in [5.41, 5.74) is 2.16. The van der Waals surface area contributed by atoms with Crippen molar-refractivity contribution in [2.24, 2.45) is 0 Å². The Morgan fingerprint density at radius 3 is 2.62 bits per heavy atom. The molecule has 5 heteroatoms. The number of halogens is 2. The molecule has 1 aromatic rings. The number of nitrogens with zero attached hydrogens (tertiary/aromatic N) is 1. The maximum Gasteiger partial charge on any atom is 0.0495 e. The van der Waals surface area contributed by atoms with E-state index in [-0.39, 0.29) is 0 Å². The Labute approximate surface area is 108 Å². The van der Waals surface area contributed by atoms with Crippen LogP contribution in [0.1, 0.15) is 5.56 Å². The van der Waals surface area contributed by atoms with Gasteiger partial charge in [-0.25, -0.2) is 0 Å². The molecule has 0 aliphatic carbocycles. The van der Waals surface area contributed by atoms with E-state index in [1.165, 1.54) is 0 Å². The maximum atomic E-state index is 11.3. The highest BCUT2D eigenvalue weighted by Crippen LogP contribution is 2.26. The van der Waals surface area contributed by atoms with Gasteiger partial charge in [0.05, 0.1) is 0 Å². The van der Waals surface area contributed by atoms with Gasteiger partial charge in [-0.05, 0) is 23.8 Å². The van der Waals surface area contributed by atoms with Gasteiger partial charge in [-0.2, -0.15) is 0 Å². The van der Waals surface area contributed by atoms with E-state index in [0.717, 1.165) is 35.8 Å². The standard InChI is InChI=1S/C11H13Cl2NOS/c12-8-9-7-10(13)1-2-11(9)14-3-5-16(15)6-4-14/h1-2,7H,3-6,8H2. The molecule has 0 spiro atoms. The van der Waals surface area contributed by atoms with Crippen molar-refractivity contribution in [1.82, 2.24) is 0 Å². The van der Waals surface area contributed by atoms with E-state index in [0.29, 0.717) is 10.9 Å². The molecule has 0 amide bonds. The van der Waals surface area contributed by atoms with E-state index in [4.69, 9.17) is 23.2 Å². The van der Waals surface area contributed by atoms with Crippen LogP contribution in [0, 0.1) is 0 Å². The van der Waals surface area contributed by atoms with Gasteiger partial charge in [-0.1, -0.05) is 11.6 Å². The second-order valence-electron chi connectivity index (χ2n) is 3.74. The average molecular weight is 278 g/mol. The predicted molar refractivity (Wildman–Crippen MR) is 71.1 cm³/mol. The summed E-state index contributed by atoms with van der Waals surface area (Å²) in [4.78, 5) is 2.23. The smallest absolute Gasteiger partial charge is 0.0495 e. The minimum absolute atomic E-state index is 0.454. The fourth-order valence-corrected chi connectivity index (χ4v) is 3.31. The largest absolute Gasteiger partial charge is 0.369 e. The van der Waals surface area contributed by atoms with Crippen molar-refractivity contribution in [2.75, 3.05) is 29.5 Å². The van der Waals surface area contributed by atoms with Gasteiger partial charge >= 0.3 is 0 Å². The van der Waals surface area contributed by atoms with Crippen LogP contribution in [0.4, 0.5) is 5.69 Å². The summed E-state index contributed by atoms with van der Waals surface area (Å²) in [6, 6.07) is 5.77. The monoisotopic (exact) mass is 277 g/mol. The van der Waals surface area contributed by atoms with Gasteiger partial charge in [-0.15, -0.1) is 11.6 Å². The third-order valence-corrected chi connectivity index (χ3v) is 4.50. The average Bonchev–Trinajstić information content (AvgIpc) is 2.30. The third-order valence-electron chi connectivity index (χ3n) is 2.70. The Bertz CT molecular complexity index is 401. The van der Waals surface area contributed by atoms with Gasteiger partial charge in [0.25, 0.3) is 0 Å². The Kier molecular flexibility index (Phi) is 4.11. The van der Waals surface area contributed by atoms with Crippen molar-refractivity contribution in [1.29, 1.82) is 0 Å². The summed E-state index contributed by atoms with van der Waals surface area (Å²) < 4.78 is 11.3. The lowest BCUT2D eigenvalue weighted by atomic mass is 10.2. The zero-order chi connectivity index (χ0) is 11.5. The van der Waals surface area contributed by atoms with Crippen LogP contribution in [-0.4, -0.2) is 28.8 Å². The Balaban J connectivity index is 2.22. The molecular weight excluding hydrogens is 265 g/mol. The molecule has 0 N–H and O–H groups in total. The van der Waals surface area contributed by atoms with Crippen molar-refractivity contribution in [3.05, 3.63) is 28.8 Å². The molecular formula is C11H13Cl2NOS. The summed E-state index contributed by atoms with van der Waals surface area (Å²) in [5.74, 6) is 1.93. The van der Waals surface area contributed by atoms with Crippen LogP contribution in [0.5, 0.6) is 0 Å². The molecule has 0 bridgehead atoms. The number of hydrogen-bond acceptors (Lipinski definition) is 2. The van der Waals surface area contributed by atoms with Crippen LogP contribution in [0.15, 0.2) is 18.2 Å². The van der Waals surface area contributed by atoms with Crippen molar-refractivity contribution >= 4 is 39.7 Å². The molecule has 1 aliphatic rings. The molecule has 1 aromatic carbocycles. The zero-order valence-corrected chi connectivity index (χ0v) is 11.1. The van der Waals surface area contributed by atoms with Gasteiger partial charge in [0.15, 0.2) is 0 Å². The molecule has 1 saturated heterocycles. The first-order chi connectivity index (χ1) is 7.70. The van der Waals surface area contributed by atoms with E-state index in [1.54, 1.807) is 0 Å². The SMILES string of the molecule is O=S1CCN(c2ccc(Cl)cc2CCl)CC1. The number of anilines is 1. The third kappa shape index (κ3) is 2.70. The van der Waals surface area contributed by atoms with Crippen molar-refractivity contribution in [3.8, 4) is 0 Å². The van der Waals surface area contributed by atoms with E-state index in [9.17, 15) is 4.21 Å². The molecule has 2 nitrogen and oxygen atoms in total. The predicted octanol–water partition coefficient (Wildman–Crippen LogP) is 2.65. The summed E-state index contributed by atoms with van der Waals surface area (Å²) in [6.07, 6.45) is 0. The number of alkyl halides is 1. The topological polar surface area (TPSA) is 20.3 Å². The molecule has 2 rings (SSSR count). The maximum absolute atomic E-state index is 11.3. The van der Waals surface area contributed by atoms with E-state index in [2.05, 4.69) is 4.90 Å². The van der Waals surface area contributed by atoms with Gasteiger partial charge < -0.3 is 4.90 Å².